The number of aromatic amines is 1. The smallest absolute Gasteiger partial charge is 0.228 e. The van der Waals surface area contributed by atoms with Gasteiger partial charge in [-0.25, -0.2) is 4.98 Å². The van der Waals surface area contributed by atoms with E-state index in [9.17, 15) is 4.79 Å². The third kappa shape index (κ3) is 3.04. The van der Waals surface area contributed by atoms with Gasteiger partial charge in [0.1, 0.15) is 5.75 Å². The molecular formula is C16H14ClN3O2. The normalized spacial score (nSPS) is 10.6. The van der Waals surface area contributed by atoms with Gasteiger partial charge in [0, 0.05) is 5.69 Å². The molecule has 1 amide bonds. The number of nitrogens with one attached hydrogen (secondary N) is 2. The van der Waals surface area contributed by atoms with E-state index >= 15 is 0 Å². The number of benzene rings is 2. The second-order valence-electron chi connectivity index (χ2n) is 4.83. The van der Waals surface area contributed by atoms with E-state index < -0.39 is 0 Å². The first kappa shape index (κ1) is 14.4. The van der Waals surface area contributed by atoms with Gasteiger partial charge in [-0.15, -0.1) is 0 Å². The number of H-pyrrole nitrogens is 1. The maximum atomic E-state index is 12.1. The Balaban J connectivity index is 1.70. The molecule has 3 aromatic rings. The van der Waals surface area contributed by atoms with Crippen molar-refractivity contribution in [2.45, 2.75) is 6.42 Å². The van der Waals surface area contributed by atoms with E-state index in [1.165, 1.54) is 0 Å². The van der Waals surface area contributed by atoms with E-state index in [1.54, 1.807) is 31.6 Å². The van der Waals surface area contributed by atoms with E-state index in [2.05, 4.69) is 15.3 Å². The quantitative estimate of drug-likeness (QED) is 0.775. The van der Waals surface area contributed by atoms with Gasteiger partial charge in [-0.05, 0) is 35.9 Å². The third-order valence-electron chi connectivity index (χ3n) is 3.28. The molecule has 2 aromatic carbocycles. The SMILES string of the molecule is COc1ccc(NC(=O)Cc2ccc3nc[nH]c3c2)cc1Cl. The summed E-state index contributed by atoms with van der Waals surface area (Å²) in [6.45, 7) is 0. The molecule has 0 atom stereocenters. The van der Waals surface area contributed by atoms with Crippen LogP contribution in [0.3, 0.4) is 0 Å². The van der Waals surface area contributed by atoms with Crippen LogP contribution in [0.15, 0.2) is 42.7 Å². The summed E-state index contributed by atoms with van der Waals surface area (Å²) in [5, 5.41) is 3.28. The van der Waals surface area contributed by atoms with Gasteiger partial charge in [0.2, 0.25) is 5.91 Å². The van der Waals surface area contributed by atoms with E-state index in [-0.39, 0.29) is 12.3 Å². The molecule has 0 spiro atoms. The maximum Gasteiger partial charge on any atom is 0.228 e. The maximum absolute atomic E-state index is 12.1. The van der Waals surface area contributed by atoms with Crippen LogP contribution in [-0.2, 0) is 11.2 Å². The molecule has 1 heterocycles. The first-order valence-corrected chi connectivity index (χ1v) is 7.09. The second kappa shape index (κ2) is 6.07. The Bertz CT molecular complexity index is 829. The highest BCUT2D eigenvalue weighted by atomic mass is 35.5. The zero-order valence-electron chi connectivity index (χ0n) is 11.9. The number of carbonyl (C=O) groups is 1. The highest BCUT2D eigenvalue weighted by molar-refractivity contribution is 6.32. The zero-order chi connectivity index (χ0) is 15.5. The van der Waals surface area contributed by atoms with Crippen molar-refractivity contribution >= 4 is 34.2 Å². The van der Waals surface area contributed by atoms with Crippen LogP contribution < -0.4 is 10.1 Å². The lowest BCUT2D eigenvalue weighted by Crippen LogP contribution is -2.14. The fourth-order valence-electron chi connectivity index (χ4n) is 2.23. The molecule has 3 rings (SSSR count). The minimum atomic E-state index is -0.111. The Hall–Kier alpha value is -2.53. The number of hydrogen-bond acceptors (Lipinski definition) is 3. The van der Waals surface area contributed by atoms with Crippen LogP contribution in [0.25, 0.3) is 11.0 Å². The van der Waals surface area contributed by atoms with Crippen LogP contribution >= 0.6 is 11.6 Å². The predicted octanol–water partition coefficient (Wildman–Crippen LogP) is 3.41. The number of amides is 1. The van der Waals surface area contributed by atoms with Gasteiger partial charge in [-0.1, -0.05) is 17.7 Å². The van der Waals surface area contributed by atoms with E-state index in [1.807, 2.05) is 18.2 Å². The van der Waals surface area contributed by atoms with Gasteiger partial charge < -0.3 is 15.0 Å². The lowest BCUT2D eigenvalue weighted by molar-refractivity contribution is -0.115. The van der Waals surface area contributed by atoms with Crippen molar-refractivity contribution in [2.24, 2.45) is 0 Å². The Labute approximate surface area is 132 Å². The first-order chi connectivity index (χ1) is 10.7. The number of nitrogens with zero attached hydrogens (tertiary/aromatic N) is 1. The van der Waals surface area contributed by atoms with Gasteiger partial charge in [-0.2, -0.15) is 0 Å². The lowest BCUT2D eigenvalue weighted by atomic mass is 10.1. The molecule has 0 aliphatic heterocycles. The molecule has 1 aromatic heterocycles. The number of hydrogen-bond donors (Lipinski definition) is 2. The third-order valence-corrected chi connectivity index (χ3v) is 3.58. The fraction of sp³-hybridized carbons (Fsp3) is 0.125. The van der Waals surface area contributed by atoms with Crippen LogP contribution in [0, 0.1) is 0 Å². The number of anilines is 1. The average Bonchev–Trinajstić information content (AvgIpc) is 2.95. The number of halogens is 1. The molecule has 0 fully saturated rings. The lowest BCUT2D eigenvalue weighted by Gasteiger charge is -2.08. The minimum absolute atomic E-state index is 0.111. The van der Waals surface area contributed by atoms with Crippen molar-refractivity contribution < 1.29 is 9.53 Å². The molecule has 5 nitrogen and oxygen atoms in total. The summed E-state index contributed by atoms with van der Waals surface area (Å²) in [7, 11) is 1.55. The van der Waals surface area contributed by atoms with E-state index in [4.69, 9.17) is 16.3 Å². The zero-order valence-corrected chi connectivity index (χ0v) is 12.6. The van der Waals surface area contributed by atoms with Crippen LogP contribution in [0.2, 0.25) is 5.02 Å². The number of fused-ring (bicyclic) bond motifs is 1. The average molecular weight is 316 g/mol. The highest BCUT2D eigenvalue weighted by Crippen LogP contribution is 2.27. The van der Waals surface area contributed by atoms with Crippen LogP contribution in [0.5, 0.6) is 5.75 Å². The van der Waals surface area contributed by atoms with Gasteiger partial charge >= 0.3 is 0 Å². The van der Waals surface area contributed by atoms with E-state index in [0.717, 1.165) is 16.6 Å². The molecule has 112 valence electrons. The molecule has 6 heteroatoms. The van der Waals surface area contributed by atoms with Gasteiger partial charge in [0.05, 0.1) is 35.9 Å². The number of aromatic nitrogens is 2. The molecule has 0 aliphatic carbocycles. The molecule has 0 aliphatic rings. The molecule has 0 unspecified atom stereocenters. The van der Waals surface area contributed by atoms with Crippen molar-refractivity contribution in [3.05, 3.63) is 53.3 Å². The van der Waals surface area contributed by atoms with Crippen LogP contribution in [0.4, 0.5) is 5.69 Å². The Morgan fingerprint density at radius 3 is 2.95 bits per heavy atom. The molecule has 0 saturated carbocycles. The van der Waals surface area contributed by atoms with Crippen molar-refractivity contribution in [2.75, 3.05) is 12.4 Å². The van der Waals surface area contributed by atoms with Crippen molar-refractivity contribution in [3.63, 3.8) is 0 Å². The van der Waals surface area contributed by atoms with Gasteiger partial charge in [0.15, 0.2) is 0 Å². The van der Waals surface area contributed by atoms with Gasteiger partial charge in [-0.3, -0.25) is 4.79 Å². The summed E-state index contributed by atoms with van der Waals surface area (Å²) in [5.74, 6) is 0.462. The number of rotatable bonds is 4. The summed E-state index contributed by atoms with van der Waals surface area (Å²) in [6.07, 6.45) is 1.91. The van der Waals surface area contributed by atoms with Crippen LogP contribution in [0.1, 0.15) is 5.56 Å². The summed E-state index contributed by atoms with van der Waals surface area (Å²) < 4.78 is 5.08. The van der Waals surface area contributed by atoms with Gasteiger partial charge in [0.25, 0.3) is 0 Å². The molecule has 0 radical (unpaired) electrons. The molecule has 2 N–H and O–H groups in total. The summed E-state index contributed by atoms with van der Waals surface area (Å²) in [6, 6.07) is 10.8. The first-order valence-electron chi connectivity index (χ1n) is 6.71. The minimum Gasteiger partial charge on any atom is -0.495 e. The van der Waals surface area contributed by atoms with Crippen LogP contribution in [-0.4, -0.2) is 23.0 Å². The predicted molar refractivity (Wildman–Crippen MR) is 86.4 cm³/mol. The molecule has 0 saturated heterocycles. The Morgan fingerprint density at radius 2 is 2.18 bits per heavy atom. The monoisotopic (exact) mass is 315 g/mol. The van der Waals surface area contributed by atoms with Crippen molar-refractivity contribution in [3.8, 4) is 5.75 Å². The summed E-state index contributed by atoms with van der Waals surface area (Å²) in [4.78, 5) is 19.3. The highest BCUT2D eigenvalue weighted by Gasteiger charge is 2.08. The molecular weight excluding hydrogens is 302 g/mol. The number of imidazole rings is 1. The fourth-order valence-corrected chi connectivity index (χ4v) is 2.49. The summed E-state index contributed by atoms with van der Waals surface area (Å²) >= 11 is 6.04. The van der Waals surface area contributed by atoms with Crippen molar-refractivity contribution in [1.29, 1.82) is 0 Å². The number of ether oxygens (including phenoxy) is 1. The second-order valence-corrected chi connectivity index (χ2v) is 5.24. The van der Waals surface area contributed by atoms with Crippen molar-refractivity contribution in [1.82, 2.24) is 9.97 Å². The Morgan fingerprint density at radius 1 is 1.32 bits per heavy atom. The molecule has 22 heavy (non-hydrogen) atoms. The number of carbonyl (C=O) groups excluding carboxylic acids is 1. The Kier molecular flexibility index (Phi) is 3.98. The topological polar surface area (TPSA) is 67.0 Å². The number of methoxy groups -OCH3 is 1. The molecule has 0 bridgehead atoms. The largest absolute Gasteiger partial charge is 0.495 e. The standard InChI is InChI=1S/C16H14ClN3O2/c1-22-15-5-3-11(8-12(15)17)20-16(21)7-10-2-4-13-14(6-10)19-9-18-13/h2-6,8-9H,7H2,1H3,(H,18,19)(H,20,21). The van der Waals surface area contributed by atoms with E-state index in [0.29, 0.717) is 16.5 Å². The summed E-state index contributed by atoms with van der Waals surface area (Å²) in [5.41, 5.74) is 3.34.